The van der Waals surface area contributed by atoms with E-state index in [2.05, 4.69) is 15.2 Å². The van der Waals surface area contributed by atoms with Gasteiger partial charge < -0.3 is 19.9 Å². The number of benzene rings is 2. The molecule has 1 fully saturated rings. The topological polar surface area (TPSA) is 74.4 Å². The molecule has 1 aliphatic rings. The van der Waals surface area contributed by atoms with Crippen molar-refractivity contribution in [2.24, 2.45) is 0 Å². The minimum atomic E-state index is -0.208. The van der Waals surface area contributed by atoms with Gasteiger partial charge in [0.25, 0.3) is 5.56 Å². The second-order valence-corrected chi connectivity index (χ2v) is 6.99. The van der Waals surface area contributed by atoms with Crippen LogP contribution < -0.4 is 15.8 Å². The number of aromatic amines is 1. The van der Waals surface area contributed by atoms with Crippen LogP contribution in [-0.2, 0) is 16.1 Å². The van der Waals surface area contributed by atoms with Crippen molar-refractivity contribution in [3.05, 3.63) is 70.5 Å². The summed E-state index contributed by atoms with van der Waals surface area (Å²) in [5, 5.41) is 4.31. The van der Waals surface area contributed by atoms with Gasteiger partial charge in [0.15, 0.2) is 0 Å². The number of pyridine rings is 1. The molecular weight excluding hydrogens is 354 g/mol. The van der Waals surface area contributed by atoms with E-state index in [1.165, 1.54) is 7.11 Å². The highest BCUT2D eigenvalue weighted by Gasteiger charge is 2.31. The third-order valence-corrected chi connectivity index (χ3v) is 5.24. The summed E-state index contributed by atoms with van der Waals surface area (Å²) < 4.78 is 4.91. The predicted octanol–water partition coefficient (Wildman–Crippen LogP) is 3.28. The molecule has 3 aromatic rings. The standard InChI is InChI=1S/C22H23N3O3/c1-28-22(27)20-7-4-12-25(20)18-10-8-17(9-11-18)23-14-16-13-15-5-2-3-6-19(15)24-21(16)26/h2-3,5-6,8-11,13,20,23H,4,7,12,14H2,1H3,(H,24,26)/t20-/m1/s1. The smallest absolute Gasteiger partial charge is 0.328 e. The first-order valence-electron chi connectivity index (χ1n) is 9.45. The summed E-state index contributed by atoms with van der Waals surface area (Å²) >= 11 is 0. The number of para-hydroxylation sites is 1. The molecule has 6 nitrogen and oxygen atoms in total. The molecule has 2 aromatic carbocycles. The van der Waals surface area contributed by atoms with Crippen LogP contribution >= 0.6 is 0 Å². The quantitative estimate of drug-likeness (QED) is 0.668. The fourth-order valence-electron chi connectivity index (χ4n) is 3.75. The molecule has 0 aliphatic carbocycles. The second-order valence-electron chi connectivity index (χ2n) is 6.99. The highest BCUT2D eigenvalue weighted by molar-refractivity contribution is 5.81. The number of carbonyl (C=O) groups excluding carboxylic acids is 1. The van der Waals surface area contributed by atoms with Gasteiger partial charge in [-0.3, -0.25) is 4.79 Å². The van der Waals surface area contributed by atoms with Crippen LogP contribution in [0.4, 0.5) is 11.4 Å². The molecule has 0 bridgehead atoms. The maximum absolute atomic E-state index is 12.3. The van der Waals surface area contributed by atoms with Crippen molar-refractivity contribution < 1.29 is 9.53 Å². The van der Waals surface area contributed by atoms with E-state index in [9.17, 15) is 9.59 Å². The van der Waals surface area contributed by atoms with E-state index in [4.69, 9.17) is 4.74 Å². The minimum Gasteiger partial charge on any atom is -0.467 e. The Morgan fingerprint density at radius 2 is 2.00 bits per heavy atom. The highest BCUT2D eigenvalue weighted by atomic mass is 16.5. The molecule has 0 unspecified atom stereocenters. The van der Waals surface area contributed by atoms with Crippen LogP contribution in [0.15, 0.2) is 59.4 Å². The van der Waals surface area contributed by atoms with E-state index >= 15 is 0 Å². The van der Waals surface area contributed by atoms with E-state index in [1.54, 1.807) is 0 Å². The molecule has 1 aliphatic heterocycles. The first-order valence-corrected chi connectivity index (χ1v) is 9.45. The van der Waals surface area contributed by atoms with Crippen LogP contribution in [0.5, 0.6) is 0 Å². The summed E-state index contributed by atoms with van der Waals surface area (Å²) in [5.41, 5.74) is 3.37. The largest absolute Gasteiger partial charge is 0.467 e. The van der Waals surface area contributed by atoms with Gasteiger partial charge in [-0.1, -0.05) is 18.2 Å². The Labute approximate surface area is 163 Å². The third-order valence-electron chi connectivity index (χ3n) is 5.24. The Hall–Kier alpha value is -3.28. The van der Waals surface area contributed by atoms with Crippen LogP contribution in [0.1, 0.15) is 18.4 Å². The second kappa shape index (κ2) is 7.76. The molecule has 4 rings (SSSR count). The van der Waals surface area contributed by atoms with Crippen LogP contribution in [0.25, 0.3) is 10.9 Å². The summed E-state index contributed by atoms with van der Waals surface area (Å²) in [6.45, 7) is 1.28. The third kappa shape index (κ3) is 3.58. The van der Waals surface area contributed by atoms with Crippen LogP contribution in [0, 0.1) is 0 Å². The predicted molar refractivity (Wildman–Crippen MR) is 111 cm³/mol. The lowest BCUT2D eigenvalue weighted by Crippen LogP contribution is -2.36. The number of hydrogen-bond donors (Lipinski definition) is 2. The summed E-state index contributed by atoms with van der Waals surface area (Å²) in [5.74, 6) is -0.185. The first-order chi connectivity index (χ1) is 13.7. The molecule has 0 spiro atoms. The maximum Gasteiger partial charge on any atom is 0.328 e. The number of rotatable bonds is 5. The molecule has 6 heteroatoms. The first kappa shape index (κ1) is 18.1. The SMILES string of the molecule is COC(=O)[C@H]1CCCN1c1ccc(NCc2cc3ccccc3[nH]c2=O)cc1. The summed E-state index contributed by atoms with van der Waals surface area (Å²) in [7, 11) is 1.43. The fourth-order valence-corrected chi connectivity index (χ4v) is 3.75. The molecule has 28 heavy (non-hydrogen) atoms. The number of hydrogen-bond acceptors (Lipinski definition) is 5. The van der Waals surface area contributed by atoms with Crippen LogP contribution in [0.3, 0.4) is 0 Å². The van der Waals surface area contributed by atoms with Crippen molar-refractivity contribution in [3.8, 4) is 0 Å². The van der Waals surface area contributed by atoms with Gasteiger partial charge in [-0.15, -0.1) is 0 Å². The van der Waals surface area contributed by atoms with E-state index < -0.39 is 0 Å². The fraction of sp³-hybridized carbons (Fsp3) is 0.273. The van der Waals surface area contributed by atoms with Gasteiger partial charge in [0, 0.05) is 35.5 Å². The number of ether oxygens (including phenoxy) is 1. The number of H-pyrrole nitrogens is 1. The lowest BCUT2D eigenvalue weighted by molar-refractivity contribution is -0.141. The number of fused-ring (bicyclic) bond motifs is 1. The average Bonchev–Trinajstić information content (AvgIpc) is 3.22. The molecule has 2 heterocycles. The van der Waals surface area contributed by atoms with Crippen molar-refractivity contribution in [3.63, 3.8) is 0 Å². The molecule has 0 radical (unpaired) electrons. The molecule has 0 saturated carbocycles. The zero-order valence-electron chi connectivity index (χ0n) is 15.8. The van der Waals surface area contributed by atoms with Gasteiger partial charge in [0.1, 0.15) is 6.04 Å². The van der Waals surface area contributed by atoms with Crippen LogP contribution in [0.2, 0.25) is 0 Å². The Kier molecular flexibility index (Phi) is 5.02. The monoisotopic (exact) mass is 377 g/mol. The van der Waals surface area contributed by atoms with Gasteiger partial charge in [-0.2, -0.15) is 0 Å². The number of nitrogens with one attached hydrogen (secondary N) is 2. The van der Waals surface area contributed by atoms with E-state index in [-0.39, 0.29) is 17.6 Å². The van der Waals surface area contributed by atoms with Gasteiger partial charge in [0.05, 0.1) is 7.11 Å². The van der Waals surface area contributed by atoms with Crippen molar-refractivity contribution in [2.45, 2.75) is 25.4 Å². The highest BCUT2D eigenvalue weighted by Crippen LogP contribution is 2.27. The Balaban J connectivity index is 1.46. The van der Waals surface area contributed by atoms with Gasteiger partial charge in [-0.25, -0.2) is 4.79 Å². The van der Waals surface area contributed by atoms with Gasteiger partial charge in [-0.05, 0) is 54.6 Å². The normalized spacial score (nSPS) is 16.3. The Morgan fingerprint density at radius 1 is 1.21 bits per heavy atom. The maximum atomic E-state index is 12.3. The Morgan fingerprint density at radius 3 is 2.79 bits per heavy atom. The minimum absolute atomic E-state index is 0.0826. The molecule has 1 saturated heterocycles. The van der Waals surface area contributed by atoms with Gasteiger partial charge >= 0.3 is 5.97 Å². The molecule has 144 valence electrons. The zero-order valence-corrected chi connectivity index (χ0v) is 15.8. The summed E-state index contributed by atoms with van der Waals surface area (Å²) in [6.07, 6.45) is 1.79. The van der Waals surface area contributed by atoms with Crippen molar-refractivity contribution in [2.75, 3.05) is 23.9 Å². The van der Waals surface area contributed by atoms with Crippen molar-refractivity contribution in [1.82, 2.24) is 4.98 Å². The zero-order chi connectivity index (χ0) is 19.5. The molecule has 2 N–H and O–H groups in total. The number of nitrogens with zero attached hydrogens (tertiary/aromatic N) is 1. The number of anilines is 2. The van der Waals surface area contributed by atoms with E-state index in [1.807, 2.05) is 54.6 Å². The van der Waals surface area contributed by atoms with Crippen molar-refractivity contribution in [1.29, 1.82) is 0 Å². The molecule has 1 aromatic heterocycles. The van der Waals surface area contributed by atoms with E-state index in [0.29, 0.717) is 12.1 Å². The summed E-state index contributed by atoms with van der Waals surface area (Å²) in [4.78, 5) is 29.2. The Bertz CT molecular complexity index is 1040. The average molecular weight is 377 g/mol. The lowest BCUT2D eigenvalue weighted by atomic mass is 10.1. The lowest BCUT2D eigenvalue weighted by Gasteiger charge is -2.25. The number of aromatic nitrogens is 1. The summed E-state index contributed by atoms with van der Waals surface area (Å²) in [6, 6.07) is 17.4. The van der Waals surface area contributed by atoms with E-state index in [0.717, 1.165) is 41.7 Å². The number of esters is 1. The molecule has 1 atom stereocenters. The number of carbonyl (C=O) groups is 1. The van der Waals surface area contributed by atoms with Crippen LogP contribution in [-0.4, -0.2) is 30.6 Å². The molecular formula is C22H23N3O3. The molecule has 0 amide bonds. The van der Waals surface area contributed by atoms with Crippen molar-refractivity contribution >= 4 is 28.2 Å². The van der Waals surface area contributed by atoms with Gasteiger partial charge in [0.2, 0.25) is 0 Å². The number of methoxy groups -OCH3 is 1.